The number of rotatable bonds is 2. The van der Waals surface area contributed by atoms with E-state index in [0.717, 1.165) is 17.4 Å². The number of fused-ring (bicyclic) bond motifs is 2. The van der Waals surface area contributed by atoms with Gasteiger partial charge in [0.25, 0.3) is 5.56 Å². The Labute approximate surface area is 143 Å². The summed E-state index contributed by atoms with van der Waals surface area (Å²) in [6.45, 7) is 2.07. The molecule has 0 saturated heterocycles. The van der Waals surface area contributed by atoms with Crippen LogP contribution in [0.3, 0.4) is 0 Å². The van der Waals surface area contributed by atoms with E-state index in [0.29, 0.717) is 22.1 Å². The lowest BCUT2D eigenvalue weighted by atomic mass is 10.0. The molecule has 0 amide bonds. The zero-order valence-corrected chi connectivity index (χ0v) is 13.9. The van der Waals surface area contributed by atoms with Crippen LogP contribution in [0.15, 0.2) is 58.5 Å². The van der Waals surface area contributed by atoms with Crippen LogP contribution in [0.5, 0.6) is 0 Å². The number of hydrogen-bond donors (Lipinski definition) is 0. The number of nitrogens with zero attached hydrogens (tertiary/aromatic N) is 4. The SMILES string of the molecule is CCc1ccc(-n2c(=O)c3ccncc3n(C)c2=O)c2ncccc12. The van der Waals surface area contributed by atoms with E-state index >= 15 is 0 Å². The molecule has 4 aromatic rings. The maximum atomic E-state index is 13.0. The minimum absolute atomic E-state index is 0.364. The summed E-state index contributed by atoms with van der Waals surface area (Å²) >= 11 is 0. The first-order chi connectivity index (χ1) is 12.1. The molecule has 0 spiro atoms. The van der Waals surface area contributed by atoms with Crippen molar-refractivity contribution in [2.75, 3.05) is 0 Å². The van der Waals surface area contributed by atoms with Crippen LogP contribution in [0.1, 0.15) is 12.5 Å². The molecule has 0 unspecified atom stereocenters. The van der Waals surface area contributed by atoms with Crippen molar-refractivity contribution in [1.29, 1.82) is 0 Å². The van der Waals surface area contributed by atoms with Gasteiger partial charge in [0.05, 0.1) is 28.3 Å². The third kappa shape index (κ3) is 2.18. The van der Waals surface area contributed by atoms with Crippen molar-refractivity contribution in [3.8, 4) is 5.69 Å². The molecule has 0 N–H and O–H groups in total. The standard InChI is InChI=1S/C19H16N4O2/c1-3-12-6-7-15(17-13(12)5-4-9-21-17)23-18(24)14-8-10-20-11-16(14)22(2)19(23)25/h4-11H,3H2,1-2H3. The highest BCUT2D eigenvalue weighted by atomic mass is 16.2. The lowest BCUT2D eigenvalue weighted by Gasteiger charge is -2.13. The normalized spacial score (nSPS) is 11.3. The highest BCUT2D eigenvalue weighted by Gasteiger charge is 2.16. The molecular weight excluding hydrogens is 316 g/mol. The Morgan fingerprint density at radius 2 is 1.88 bits per heavy atom. The van der Waals surface area contributed by atoms with Crippen LogP contribution in [0.4, 0.5) is 0 Å². The van der Waals surface area contributed by atoms with Gasteiger partial charge in [-0.15, -0.1) is 0 Å². The summed E-state index contributed by atoms with van der Waals surface area (Å²) < 4.78 is 2.63. The largest absolute Gasteiger partial charge is 0.335 e. The van der Waals surface area contributed by atoms with Gasteiger partial charge < -0.3 is 0 Å². The molecule has 0 aliphatic rings. The summed E-state index contributed by atoms with van der Waals surface area (Å²) in [5, 5.41) is 1.40. The molecular formula is C19H16N4O2. The second kappa shape index (κ2) is 5.66. The molecule has 0 bridgehead atoms. The molecule has 1 aromatic carbocycles. The molecule has 4 rings (SSSR count). The van der Waals surface area contributed by atoms with Crippen molar-refractivity contribution in [3.05, 3.63) is 75.3 Å². The first kappa shape index (κ1) is 15.3. The van der Waals surface area contributed by atoms with Gasteiger partial charge >= 0.3 is 5.69 Å². The molecule has 3 heterocycles. The first-order valence-electron chi connectivity index (χ1n) is 8.06. The molecule has 0 saturated carbocycles. The second-order valence-electron chi connectivity index (χ2n) is 5.87. The average molecular weight is 332 g/mol. The number of aryl methyl sites for hydroxylation is 2. The Morgan fingerprint density at radius 3 is 2.68 bits per heavy atom. The number of hydrogen-bond acceptors (Lipinski definition) is 4. The van der Waals surface area contributed by atoms with Crippen molar-refractivity contribution in [2.24, 2.45) is 7.05 Å². The van der Waals surface area contributed by atoms with Crippen LogP contribution in [0.2, 0.25) is 0 Å². The van der Waals surface area contributed by atoms with Gasteiger partial charge in [-0.3, -0.25) is 19.3 Å². The fourth-order valence-corrected chi connectivity index (χ4v) is 3.21. The Bertz CT molecular complexity index is 1240. The summed E-state index contributed by atoms with van der Waals surface area (Å²) in [5.74, 6) is 0. The van der Waals surface area contributed by atoms with Gasteiger partial charge in [0.2, 0.25) is 0 Å². The van der Waals surface area contributed by atoms with Crippen molar-refractivity contribution in [3.63, 3.8) is 0 Å². The van der Waals surface area contributed by atoms with Crippen LogP contribution in [-0.2, 0) is 13.5 Å². The van der Waals surface area contributed by atoms with Crippen molar-refractivity contribution >= 4 is 21.8 Å². The van der Waals surface area contributed by atoms with Crippen molar-refractivity contribution in [2.45, 2.75) is 13.3 Å². The summed E-state index contributed by atoms with van der Waals surface area (Å²) in [6, 6.07) is 9.19. The van der Waals surface area contributed by atoms with E-state index in [9.17, 15) is 9.59 Å². The summed E-state index contributed by atoms with van der Waals surface area (Å²) in [5.41, 5.74) is 2.00. The highest BCUT2D eigenvalue weighted by molar-refractivity contribution is 5.89. The van der Waals surface area contributed by atoms with Crippen LogP contribution in [-0.4, -0.2) is 19.1 Å². The molecule has 25 heavy (non-hydrogen) atoms. The Morgan fingerprint density at radius 1 is 1.04 bits per heavy atom. The zero-order chi connectivity index (χ0) is 17.6. The monoisotopic (exact) mass is 332 g/mol. The van der Waals surface area contributed by atoms with E-state index in [1.165, 1.54) is 15.3 Å². The minimum atomic E-state index is -0.415. The third-order valence-corrected chi connectivity index (χ3v) is 4.53. The van der Waals surface area contributed by atoms with E-state index < -0.39 is 5.69 Å². The number of benzene rings is 1. The lowest BCUT2D eigenvalue weighted by molar-refractivity contribution is 0.774. The van der Waals surface area contributed by atoms with Gasteiger partial charge in [0, 0.05) is 24.8 Å². The molecule has 0 fully saturated rings. The van der Waals surface area contributed by atoms with Crippen molar-refractivity contribution < 1.29 is 0 Å². The highest BCUT2D eigenvalue weighted by Crippen LogP contribution is 2.23. The first-order valence-corrected chi connectivity index (χ1v) is 8.06. The number of pyridine rings is 2. The van der Waals surface area contributed by atoms with Crippen LogP contribution >= 0.6 is 0 Å². The fraction of sp³-hybridized carbons (Fsp3) is 0.158. The van der Waals surface area contributed by atoms with E-state index in [-0.39, 0.29) is 5.56 Å². The third-order valence-electron chi connectivity index (χ3n) is 4.53. The quantitative estimate of drug-likeness (QED) is 0.564. The summed E-state index contributed by atoms with van der Waals surface area (Å²) in [7, 11) is 1.64. The summed E-state index contributed by atoms with van der Waals surface area (Å²) in [4.78, 5) is 34.3. The topological polar surface area (TPSA) is 69.8 Å². The van der Waals surface area contributed by atoms with Crippen LogP contribution in [0, 0.1) is 0 Å². The maximum absolute atomic E-state index is 13.0. The van der Waals surface area contributed by atoms with Gasteiger partial charge in [0.15, 0.2) is 0 Å². The molecule has 0 radical (unpaired) electrons. The zero-order valence-electron chi connectivity index (χ0n) is 13.9. The maximum Gasteiger partial charge on any atom is 0.335 e. The minimum Gasteiger partial charge on any atom is -0.294 e. The predicted octanol–water partition coefficient (Wildman–Crippen LogP) is 2.19. The summed E-state index contributed by atoms with van der Waals surface area (Å²) in [6.07, 6.45) is 5.60. The van der Waals surface area contributed by atoms with Gasteiger partial charge in [0.1, 0.15) is 0 Å². The van der Waals surface area contributed by atoms with Crippen LogP contribution < -0.4 is 11.2 Å². The van der Waals surface area contributed by atoms with Gasteiger partial charge in [-0.25, -0.2) is 9.36 Å². The molecule has 0 aliphatic carbocycles. The Balaban J connectivity index is 2.19. The van der Waals surface area contributed by atoms with E-state index in [1.807, 2.05) is 18.2 Å². The Hall–Kier alpha value is -3.28. The molecule has 6 heteroatoms. The van der Waals surface area contributed by atoms with Gasteiger partial charge in [-0.1, -0.05) is 19.1 Å². The molecule has 3 aromatic heterocycles. The second-order valence-corrected chi connectivity index (χ2v) is 5.87. The van der Waals surface area contributed by atoms with Gasteiger partial charge in [-0.2, -0.15) is 0 Å². The average Bonchev–Trinajstić information content (AvgIpc) is 2.66. The van der Waals surface area contributed by atoms with Crippen LogP contribution in [0.25, 0.3) is 27.5 Å². The predicted molar refractivity (Wildman–Crippen MR) is 97.3 cm³/mol. The number of aromatic nitrogens is 4. The van der Waals surface area contributed by atoms with E-state index in [1.54, 1.807) is 31.6 Å². The smallest absolute Gasteiger partial charge is 0.294 e. The lowest BCUT2D eigenvalue weighted by Crippen LogP contribution is -2.38. The fourth-order valence-electron chi connectivity index (χ4n) is 3.21. The molecule has 124 valence electrons. The van der Waals surface area contributed by atoms with Gasteiger partial charge in [-0.05, 0) is 30.2 Å². The van der Waals surface area contributed by atoms with E-state index in [4.69, 9.17) is 0 Å². The molecule has 0 atom stereocenters. The van der Waals surface area contributed by atoms with E-state index in [2.05, 4.69) is 16.9 Å². The van der Waals surface area contributed by atoms with Crippen molar-refractivity contribution in [1.82, 2.24) is 19.1 Å². The Kier molecular flexibility index (Phi) is 3.46. The molecule has 0 aliphatic heterocycles. The molecule has 6 nitrogen and oxygen atoms in total.